The summed E-state index contributed by atoms with van der Waals surface area (Å²) in [6.07, 6.45) is 3.27. The topological polar surface area (TPSA) is 17.1 Å². The third-order valence-electron chi connectivity index (χ3n) is 2.12. The maximum atomic E-state index is 12.3. The van der Waals surface area contributed by atoms with Gasteiger partial charge in [-0.15, -0.1) is 5.46 Å². The van der Waals surface area contributed by atoms with Crippen LogP contribution in [0.3, 0.4) is 0 Å². The van der Waals surface area contributed by atoms with Crippen molar-refractivity contribution in [2.24, 2.45) is 0 Å². The Labute approximate surface area is 141 Å². The third kappa shape index (κ3) is 6.01. The monoisotopic (exact) mass is 266 g/mol. The summed E-state index contributed by atoms with van der Waals surface area (Å²) in [4.78, 5) is 10.9. The molecule has 0 aliphatic carbocycles. The van der Waals surface area contributed by atoms with Gasteiger partial charge in [-0.2, -0.15) is 0 Å². The summed E-state index contributed by atoms with van der Waals surface area (Å²) in [5.41, 5.74) is -0.0374. The Balaban J connectivity index is 0.00000256. The molecule has 1 aromatic carbocycles. The Morgan fingerprint density at radius 3 is 2.18 bits per heavy atom. The molecule has 17 heavy (non-hydrogen) atoms. The Bertz CT molecular complexity index is 398. The fourth-order valence-corrected chi connectivity index (χ4v) is 1.13. The summed E-state index contributed by atoms with van der Waals surface area (Å²) in [6, 6.07) is 4.75. The summed E-state index contributed by atoms with van der Waals surface area (Å²) < 4.78 is 36.8. The normalized spacial score (nSPS) is 11.3. The van der Waals surface area contributed by atoms with Crippen LogP contribution in [-0.4, -0.2) is 12.8 Å². The molecular formula is C11H11BF3KO. The number of ketones is 1. The average molecular weight is 266 g/mol. The quantitative estimate of drug-likeness (QED) is 0.542. The molecule has 0 bridgehead atoms. The summed E-state index contributed by atoms with van der Waals surface area (Å²) >= 11 is 0. The van der Waals surface area contributed by atoms with Crippen molar-refractivity contribution in [3.8, 4) is 0 Å². The number of rotatable bonds is 4. The molecule has 0 aliphatic heterocycles. The summed E-state index contributed by atoms with van der Waals surface area (Å²) in [7, 11) is 0. The molecule has 0 aliphatic rings. The standard InChI is InChI=1S/C11H11BF3O.K/c1-2-11(16)8-5-9-3-6-10(7-4-9)12(13,14)15;/h3-8H,2H2,1H3;/q-1;+1/b8-5+;. The van der Waals surface area contributed by atoms with E-state index in [0.29, 0.717) is 12.0 Å². The summed E-state index contributed by atoms with van der Waals surface area (Å²) in [6.45, 7) is -3.22. The average Bonchev–Trinajstić information content (AvgIpc) is 2.25. The van der Waals surface area contributed by atoms with Gasteiger partial charge in [0.05, 0.1) is 0 Å². The van der Waals surface area contributed by atoms with E-state index in [4.69, 9.17) is 0 Å². The molecule has 0 N–H and O–H groups in total. The second-order valence-corrected chi connectivity index (χ2v) is 3.39. The second kappa shape index (κ2) is 7.53. The van der Waals surface area contributed by atoms with Crippen LogP contribution >= 0.6 is 0 Å². The van der Waals surface area contributed by atoms with Gasteiger partial charge >= 0.3 is 58.4 Å². The molecule has 0 atom stereocenters. The van der Waals surface area contributed by atoms with Crippen molar-refractivity contribution in [1.82, 2.24) is 0 Å². The first-order valence-electron chi connectivity index (χ1n) is 4.94. The van der Waals surface area contributed by atoms with E-state index >= 15 is 0 Å². The van der Waals surface area contributed by atoms with Gasteiger partial charge in [-0.05, 0) is 11.6 Å². The predicted molar refractivity (Wildman–Crippen MR) is 59.5 cm³/mol. The van der Waals surface area contributed by atoms with E-state index in [0.717, 1.165) is 12.1 Å². The van der Waals surface area contributed by atoms with E-state index in [1.807, 2.05) is 0 Å². The van der Waals surface area contributed by atoms with Crippen molar-refractivity contribution in [1.29, 1.82) is 0 Å². The molecule has 0 radical (unpaired) electrons. The minimum atomic E-state index is -4.94. The van der Waals surface area contributed by atoms with Crippen LogP contribution in [0.5, 0.6) is 0 Å². The maximum absolute atomic E-state index is 12.3. The van der Waals surface area contributed by atoms with Gasteiger partial charge in [0.15, 0.2) is 5.78 Å². The molecule has 1 nitrogen and oxygen atoms in total. The number of carbonyl (C=O) groups excluding carboxylic acids is 1. The van der Waals surface area contributed by atoms with Gasteiger partial charge in [-0.25, -0.2) is 0 Å². The van der Waals surface area contributed by atoms with Crippen molar-refractivity contribution < 1.29 is 69.1 Å². The first kappa shape index (κ1) is 17.1. The van der Waals surface area contributed by atoms with Crippen LogP contribution < -0.4 is 56.8 Å². The van der Waals surface area contributed by atoms with Crippen LogP contribution in [0, 0.1) is 0 Å². The molecule has 0 amide bonds. The summed E-state index contributed by atoms with van der Waals surface area (Å²) in [5, 5.41) is 0. The molecule has 0 aromatic heterocycles. The molecule has 0 fully saturated rings. The second-order valence-electron chi connectivity index (χ2n) is 3.39. The minimum Gasteiger partial charge on any atom is -0.445 e. The molecule has 0 saturated carbocycles. The number of hydrogen-bond donors (Lipinski definition) is 0. The zero-order valence-corrected chi connectivity index (χ0v) is 12.9. The van der Waals surface area contributed by atoms with Crippen LogP contribution in [0.15, 0.2) is 30.3 Å². The van der Waals surface area contributed by atoms with Crippen LogP contribution in [0.25, 0.3) is 6.08 Å². The molecule has 6 heteroatoms. The fourth-order valence-electron chi connectivity index (χ4n) is 1.13. The van der Waals surface area contributed by atoms with Crippen molar-refractivity contribution >= 4 is 24.3 Å². The van der Waals surface area contributed by atoms with Gasteiger partial charge in [-0.1, -0.05) is 37.3 Å². The SMILES string of the molecule is CCC(=O)/C=C/c1ccc([B-](F)(F)F)cc1.[K+]. The Morgan fingerprint density at radius 2 is 1.76 bits per heavy atom. The molecule has 1 rings (SSSR count). The van der Waals surface area contributed by atoms with E-state index in [1.165, 1.54) is 24.3 Å². The van der Waals surface area contributed by atoms with Crippen LogP contribution in [0.2, 0.25) is 0 Å². The van der Waals surface area contributed by atoms with Crippen LogP contribution in [0.1, 0.15) is 18.9 Å². The van der Waals surface area contributed by atoms with E-state index < -0.39 is 12.4 Å². The zero-order valence-electron chi connectivity index (χ0n) is 9.79. The first-order chi connectivity index (χ1) is 7.43. The van der Waals surface area contributed by atoms with E-state index in [9.17, 15) is 17.7 Å². The van der Waals surface area contributed by atoms with Crippen molar-refractivity contribution in [2.45, 2.75) is 13.3 Å². The Kier molecular flexibility index (Phi) is 7.59. The molecule has 0 saturated heterocycles. The maximum Gasteiger partial charge on any atom is 1.00 e. The molecule has 0 unspecified atom stereocenters. The van der Waals surface area contributed by atoms with Crippen LogP contribution in [-0.2, 0) is 4.79 Å². The van der Waals surface area contributed by atoms with Gasteiger partial charge in [-0.3, -0.25) is 4.79 Å². The van der Waals surface area contributed by atoms with Gasteiger partial charge in [0.25, 0.3) is 0 Å². The number of hydrogen-bond acceptors (Lipinski definition) is 1. The van der Waals surface area contributed by atoms with Gasteiger partial charge in [0, 0.05) is 6.42 Å². The number of carbonyl (C=O) groups is 1. The van der Waals surface area contributed by atoms with E-state index in [2.05, 4.69) is 0 Å². The first-order valence-corrected chi connectivity index (χ1v) is 4.94. The molecule has 86 valence electrons. The van der Waals surface area contributed by atoms with Gasteiger partial charge < -0.3 is 12.9 Å². The van der Waals surface area contributed by atoms with Gasteiger partial charge in [0.2, 0.25) is 0 Å². The van der Waals surface area contributed by atoms with Crippen molar-refractivity contribution in [2.75, 3.05) is 0 Å². The smallest absolute Gasteiger partial charge is 0.445 e. The number of halogens is 3. The molecule has 0 heterocycles. The largest absolute Gasteiger partial charge is 1.00 e. The molecule has 1 aromatic rings. The molecular weight excluding hydrogens is 255 g/mol. The number of benzene rings is 1. The number of allylic oxidation sites excluding steroid dienone is 1. The van der Waals surface area contributed by atoms with Crippen molar-refractivity contribution in [3.63, 3.8) is 0 Å². The Hall–Kier alpha value is 0.121. The Morgan fingerprint density at radius 1 is 1.24 bits per heavy atom. The minimum absolute atomic E-state index is 0. The predicted octanol–water partition coefficient (Wildman–Crippen LogP) is -0.263. The summed E-state index contributed by atoms with van der Waals surface area (Å²) in [5.74, 6) is -0.0517. The zero-order chi connectivity index (χ0) is 12.2. The van der Waals surface area contributed by atoms with Crippen molar-refractivity contribution in [3.05, 3.63) is 35.9 Å². The molecule has 0 spiro atoms. The fraction of sp³-hybridized carbons (Fsp3) is 0.182. The van der Waals surface area contributed by atoms with E-state index in [1.54, 1.807) is 6.92 Å². The van der Waals surface area contributed by atoms with Crippen LogP contribution in [0.4, 0.5) is 12.9 Å². The van der Waals surface area contributed by atoms with Gasteiger partial charge in [0.1, 0.15) is 0 Å². The van der Waals surface area contributed by atoms with E-state index in [-0.39, 0.29) is 57.2 Å². The third-order valence-corrected chi connectivity index (χ3v) is 2.12.